The number of aliphatic hydroxyl groups is 1. The summed E-state index contributed by atoms with van der Waals surface area (Å²) in [6, 6.07) is 0. The Bertz CT molecular complexity index is 324. The zero-order valence-corrected chi connectivity index (χ0v) is 9.89. The smallest absolute Gasteiger partial charge is 0.122 e. The van der Waals surface area contributed by atoms with Crippen molar-refractivity contribution in [3.63, 3.8) is 0 Å². The van der Waals surface area contributed by atoms with Crippen LogP contribution in [0.5, 0.6) is 0 Å². The molecule has 0 aromatic carbocycles. The normalized spacial score (nSPS) is 25.1. The lowest BCUT2D eigenvalue weighted by Gasteiger charge is -2.11. The number of nitrogens with one attached hydrogen (secondary N) is 1. The van der Waals surface area contributed by atoms with Crippen LogP contribution < -0.4 is 5.32 Å². The molecule has 0 spiro atoms. The van der Waals surface area contributed by atoms with Gasteiger partial charge in [0.25, 0.3) is 0 Å². The maximum atomic E-state index is 9.42. The minimum Gasteiger partial charge on any atom is -0.393 e. The zero-order valence-electron chi connectivity index (χ0n) is 9.89. The molecule has 2 atom stereocenters. The molecule has 1 heterocycles. The van der Waals surface area contributed by atoms with Crippen molar-refractivity contribution in [1.82, 2.24) is 14.9 Å². The molecule has 16 heavy (non-hydrogen) atoms. The van der Waals surface area contributed by atoms with E-state index in [2.05, 4.69) is 21.8 Å². The van der Waals surface area contributed by atoms with Crippen LogP contribution in [-0.4, -0.2) is 27.3 Å². The maximum Gasteiger partial charge on any atom is 0.122 e. The zero-order chi connectivity index (χ0) is 11.4. The van der Waals surface area contributed by atoms with Gasteiger partial charge in [-0.15, -0.1) is 0 Å². The SMILES string of the molecule is CCn1ccnc1CNCC1CCC(O)C1. The first kappa shape index (κ1) is 11.6. The first-order chi connectivity index (χ1) is 7.79. The van der Waals surface area contributed by atoms with E-state index in [4.69, 9.17) is 0 Å². The summed E-state index contributed by atoms with van der Waals surface area (Å²) in [6.45, 7) is 4.92. The summed E-state index contributed by atoms with van der Waals surface area (Å²) in [7, 11) is 0. The second kappa shape index (κ2) is 5.46. The van der Waals surface area contributed by atoms with Gasteiger partial charge in [-0.05, 0) is 38.6 Å². The van der Waals surface area contributed by atoms with Gasteiger partial charge in [0.2, 0.25) is 0 Å². The number of aryl methyl sites for hydroxylation is 1. The third-order valence-corrected chi connectivity index (χ3v) is 3.37. The molecule has 1 aromatic rings. The Kier molecular flexibility index (Phi) is 3.96. The Morgan fingerprint density at radius 2 is 2.44 bits per heavy atom. The second-order valence-corrected chi connectivity index (χ2v) is 4.59. The van der Waals surface area contributed by atoms with Crippen LogP contribution in [0.2, 0.25) is 0 Å². The molecule has 0 amide bonds. The first-order valence-electron chi connectivity index (χ1n) is 6.18. The molecule has 4 nitrogen and oxygen atoms in total. The molecular weight excluding hydrogens is 202 g/mol. The Morgan fingerprint density at radius 1 is 1.56 bits per heavy atom. The molecule has 0 radical (unpaired) electrons. The van der Waals surface area contributed by atoms with E-state index in [9.17, 15) is 5.11 Å². The van der Waals surface area contributed by atoms with Gasteiger partial charge in [-0.3, -0.25) is 0 Å². The fourth-order valence-electron chi connectivity index (χ4n) is 2.42. The van der Waals surface area contributed by atoms with Crippen LogP contribution >= 0.6 is 0 Å². The molecular formula is C12H21N3O. The number of aliphatic hydroxyl groups excluding tert-OH is 1. The fourth-order valence-corrected chi connectivity index (χ4v) is 2.42. The van der Waals surface area contributed by atoms with E-state index in [-0.39, 0.29) is 6.10 Å². The van der Waals surface area contributed by atoms with Crippen molar-refractivity contribution in [3.8, 4) is 0 Å². The lowest BCUT2D eigenvalue weighted by atomic mass is 10.1. The van der Waals surface area contributed by atoms with Gasteiger partial charge in [-0.1, -0.05) is 0 Å². The Morgan fingerprint density at radius 3 is 3.12 bits per heavy atom. The van der Waals surface area contributed by atoms with Crippen molar-refractivity contribution in [2.24, 2.45) is 5.92 Å². The molecule has 0 saturated heterocycles. The number of hydrogen-bond acceptors (Lipinski definition) is 3. The van der Waals surface area contributed by atoms with Crippen LogP contribution in [0.15, 0.2) is 12.4 Å². The van der Waals surface area contributed by atoms with Crippen LogP contribution in [0, 0.1) is 5.92 Å². The quantitative estimate of drug-likeness (QED) is 0.787. The number of imidazole rings is 1. The Balaban J connectivity index is 1.72. The number of rotatable bonds is 5. The maximum absolute atomic E-state index is 9.42. The first-order valence-corrected chi connectivity index (χ1v) is 6.18. The lowest BCUT2D eigenvalue weighted by molar-refractivity contribution is 0.177. The van der Waals surface area contributed by atoms with Crippen LogP contribution in [0.25, 0.3) is 0 Å². The highest BCUT2D eigenvalue weighted by Crippen LogP contribution is 2.24. The summed E-state index contributed by atoms with van der Waals surface area (Å²) < 4.78 is 2.15. The summed E-state index contributed by atoms with van der Waals surface area (Å²) >= 11 is 0. The Hall–Kier alpha value is -0.870. The van der Waals surface area contributed by atoms with Crippen molar-refractivity contribution in [2.75, 3.05) is 6.54 Å². The highest BCUT2D eigenvalue weighted by Gasteiger charge is 2.22. The van der Waals surface area contributed by atoms with Crippen molar-refractivity contribution in [3.05, 3.63) is 18.2 Å². The van der Waals surface area contributed by atoms with Gasteiger partial charge in [0, 0.05) is 18.9 Å². The van der Waals surface area contributed by atoms with E-state index < -0.39 is 0 Å². The summed E-state index contributed by atoms with van der Waals surface area (Å²) in [6.07, 6.45) is 6.86. The van der Waals surface area contributed by atoms with Gasteiger partial charge >= 0.3 is 0 Å². The average molecular weight is 223 g/mol. The molecule has 90 valence electrons. The van der Waals surface area contributed by atoms with E-state index in [1.807, 2.05) is 12.4 Å². The van der Waals surface area contributed by atoms with Crippen molar-refractivity contribution >= 4 is 0 Å². The average Bonchev–Trinajstić information content (AvgIpc) is 2.87. The summed E-state index contributed by atoms with van der Waals surface area (Å²) in [4.78, 5) is 4.32. The van der Waals surface area contributed by atoms with Gasteiger partial charge in [-0.2, -0.15) is 0 Å². The van der Waals surface area contributed by atoms with Gasteiger partial charge in [0.15, 0.2) is 0 Å². The minimum atomic E-state index is -0.0653. The van der Waals surface area contributed by atoms with Crippen molar-refractivity contribution in [2.45, 2.75) is 45.4 Å². The van der Waals surface area contributed by atoms with Gasteiger partial charge < -0.3 is 15.0 Å². The molecule has 1 aromatic heterocycles. The third kappa shape index (κ3) is 2.83. The van der Waals surface area contributed by atoms with Gasteiger partial charge in [0.05, 0.1) is 12.6 Å². The largest absolute Gasteiger partial charge is 0.393 e. The molecule has 1 saturated carbocycles. The Labute approximate surface area is 96.7 Å². The summed E-state index contributed by atoms with van der Waals surface area (Å²) in [5.74, 6) is 1.74. The van der Waals surface area contributed by atoms with Gasteiger partial charge in [0.1, 0.15) is 5.82 Å². The molecule has 1 aliphatic rings. The molecule has 2 N–H and O–H groups in total. The van der Waals surface area contributed by atoms with E-state index >= 15 is 0 Å². The lowest BCUT2D eigenvalue weighted by Crippen LogP contribution is -2.23. The molecule has 0 aliphatic heterocycles. The van der Waals surface area contributed by atoms with Crippen LogP contribution in [-0.2, 0) is 13.1 Å². The predicted octanol–water partition coefficient (Wildman–Crippen LogP) is 1.15. The molecule has 1 aliphatic carbocycles. The van der Waals surface area contributed by atoms with E-state index in [1.54, 1.807) is 0 Å². The minimum absolute atomic E-state index is 0.0653. The van der Waals surface area contributed by atoms with E-state index in [0.717, 1.165) is 44.7 Å². The third-order valence-electron chi connectivity index (χ3n) is 3.37. The molecule has 1 fully saturated rings. The van der Waals surface area contributed by atoms with Crippen molar-refractivity contribution < 1.29 is 5.11 Å². The van der Waals surface area contributed by atoms with Crippen LogP contribution in [0.4, 0.5) is 0 Å². The van der Waals surface area contributed by atoms with E-state index in [0.29, 0.717) is 5.92 Å². The predicted molar refractivity (Wildman–Crippen MR) is 63.0 cm³/mol. The highest BCUT2D eigenvalue weighted by molar-refractivity contribution is 4.91. The summed E-state index contributed by atoms with van der Waals surface area (Å²) in [5.41, 5.74) is 0. The topological polar surface area (TPSA) is 50.1 Å². The number of hydrogen-bond donors (Lipinski definition) is 2. The molecule has 2 rings (SSSR count). The highest BCUT2D eigenvalue weighted by atomic mass is 16.3. The number of nitrogens with zero attached hydrogens (tertiary/aromatic N) is 2. The standard InChI is InChI=1S/C12H21N3O/c1-2-15-6-5-14-12(15)9-13-8-10-3-4-11(16)7-10/h5-6,10-11,13,16H,2-4,7-9H2,1H3. The molecule has 0 bridgehead atoms. The fraction of sp³-hybridized carbons (Fsp3) is 0.750. The molecule has 4 heteroatoms. The number of aromatic nitrogens is 2. The second-order valence-electron chi connectivity index (χ2n) is 4.59. The van der Waals surface area contributed by atoms with Crippen molar-refractivity contribution in [1.29, 1.82) is 0 Å². The van der Waals surface area contributed by atoms with Crippen LogP contribution in [0.1, 0.15) is 32.0 Å². The summed E-state index contributed by atoms with van der Waals surface area (Å²) in [5, 5.41) is 12.9. The van der Waals surface area contributed by atoms with Gasteiger partial charge in [-0.25, -0.2) is 4.98 Å². The molecule has 2 unspecified atom stereocenters. The monoisotopic (exact) mass is 223 g/mol. The van der Waals surface area contributed by atoms with Crippen LogP contribution in [0.3, 0.4) is 0 Å². The van der Waals surface area contributed by atoms with E-state index in [1.165, 1.54) is 0 Å².